The van der Waals surface area contributed by atoms with E-state index in [1.165, 1.54) is 23.9 Å². The minimum absolute atomic E-state index is 0.327. The zero-order chi connectivity index (χ0) is 14.7. The highest BCUT2D eigenvalue weighted by atomic mass is 15.4. The van der Waals surface area contributed by atoms with Crippen molar-refractivity contribution in [2.24, 2.45) is 5.84 Å². The number of hydrogen-bond acceptors (Lipinski definition) is 8. The first-order chi connectivity index (χ1) is 10.3. The van der Waals surface area contributed by atoms with Crippen LogP contribution in [0.4, 0.5) is 11.9 Å². The van der Waals surface area contributed by atoms with Crippen molar-refractivity contribution in [1.82, 2.24) is 29.7 Å². The molecule has 0 aromatic carbocycles. The first kappa shape index (κ1) is 13.7. The molecule has 2 heterocycles. The Bertz CT molecular complexity index is 578. The molecule has 21 heavy (non-hydrogen) atoms. The molecule has 0 unspecified atom stereocenters. The first-order valence-corrected chi connectivity index (χ1v) is 7.16. The van der Waals surface area contributed by atoms with Crippen LogP contribution in [0.2, 0.25) is 0 Å². The SMILES string of the molecule is CCCCN(c1nc(NN)nc(-n2cncn2)n1)C1CC1. The van der Waals surface area contributed by atoms with Gasteiger partial charge in [-0.2, -0.15) is 24.7 Å². The van der Waals surface area contributed by atoms with Gasteiger partial charge in [-0.25, -0.2) is 10.8 Å². The normalized spacial score (nSPS) is 14.2. The van der Waals surface area contributed by atoms with E-state index in [0.29, 0.717) is 23.9 Å². The lowest BCUT2D eigenvalue weighted by Gasteiger charge is -2.22. The molecule has 112 valence electrons. The van der Waals surface area contributed by atoms with Gasteiger partial charge in [0, 0.05) is 12.6 Å². The first-order valence-electron chi connectivity index (χ1n) is 7.16. The summed E-state index contributed by atoms with van der Waals surface area (Å²) >= 11 is 0. The lowest BCUT2D eigenvalue weighted by Crippen LogP contribution is -2.30. The second-order valence-corrected chi connectivity index (χ2v) is 5.02. The molecule has 1 aliphatic carbocycles. The van der Waals surface area contributed by atoms with Crippen molar-refractivity contribution in [3.63, 3.8) is 0 Å². The number of anilines is 2. The fourth-order valence-corrected chi connectivity index (χ4v) is 2.12. The zero-order valence-corrected chi connectivity index (χ0v) is 12.0. The molecular formula is C12H19N9. The molecular weight excluding hydrogens is 270 g/mol. The number of nitrogen functional groups attached to an aromatic ring is 1. The van der Waals surface area contributed by atoms with Crippen molar-refractivity contribution < 1.29 is 0 Å². The smallest absolute Gasteiger partial charge is 0.258 e. The number of nitrogens with zero attached hydrogens (tertiary/aromatic N) is 7. The van der Waals surface area contributed by atoms with E-state index in [9.17, 15) is 0 Å². The van der Waals surface area contributed by atoms with E-state index in [1.54, 1.807) is 6.33 Å². The average molecular weight is 289 g/mol. The van der Waals surface area contributed by atoms with Crippen LogP contribution in [0.5, 0.6) is 0 Å². The highest BCUT2D eigenvalue weighted by molar-refractivity contribution is 5.41. The molecule has 0 spiro atoms. The fourth-order valence-electron chi connectivity index (χ4n) is 2.12. The largest absolute Gasteiger partial charge is 0.338 e. The van der Waals surface area contributed by atoms with Gasteiger partial charge in [0.05, 0.1) is 0 Å². The number of hydrogen-bond donors (Lipinski definition) is 2. The zero-order valence-electron chi connectivity index (χ0n) is 12.0. The maximum absolute atomic E-state index is 5.47. The van der Waals surface area contributed by atoms with Crippen molar-refractivity contribution in [1.29, 1.82) is 0 Å². The molecule has 0 bridgehead atoms. The van der Waals surface area contributed by atoms with E-state index in [0.717, 1.165) is 19.4 Å². The van der Waals surface area contributed by atoms with Gasteiger partial charge < -0.3 is 4.90 Å². The summed E-state index contributed by atoms with van der Waals surface area (Å²) in [5.74, 6) is 6.84. The third-order valence-corrected chi connectivity index (χ3v) is 3.36. The Hall–Kier alpha value is -2.29. The lowest BCUT2D eigenvalue weighted by atomic mass is 10.3. The topological polar surface area (TPSA) is 111 Å². The summed E-state index contributed by atoms with van der Waals surface area (Å²) in [7, 11) is 0. The van der Waals surface area contributed by atoms with Gasteiger partial charge in [0.25, 0.3) is 5.95 Å². The van der Waals surface area contributed by atoms with Crippen LogP contribution in [-0.4, -0.2) is 42.3 Å². The Labute approximate surface area is 122 Å². The molecule has 9 nitrogen and oxygen atoms in total. The predicted molar refractivity (Wildman–Crippen MR) is 77.8 cm³/mol. The van der Waals surface area contributed by atoms with Crippen molar-refractivity contribution in [2.75, 3.05) is 16.9 Å². The van der Waals surface area contributed by atoms with E-state index in [1.807, 2.05) is 0 Å². The van der Waals surface area contributed by atoms with Crippen LogP contribution in [0.25, 0.3) is 5.95 Å². The molecule has 1 saturated carbocycles. The quantitative estimate of drug-likeness (QED) is 0.560. The number of rotatable bonds is 7. The molecule has 0 saturated heterocycles. The monoisotopic (exact) mass is 289 g/mol. The molecule has 1 aliphatic rings. The van der Waals surface area contributed by atoms with Crippen LogP contribution in [0, 0.1) is 0 Å². The average Bonchev–Trinajstić information content (AvgIpc) is 3.20. The second-order valence-electron chi connectivity index (χ2n) is 5.02. The van der Waals surface area contributed by atoms with Gasteiger partial charge in [0.1, 0.15) is 12.7 Å². The van der Waals surface area contributed by atoms with Crippen LogP contribution in [0.1, 0.15) is 32.6 Å². The predicted octanol–water partition coefficient (Wildman–Crippen LogP) is 0.507. The van der Waals surface area contributed by atoms with Crippen LogP contribution >= 0.6 is 0 Å². The van der Waals surface area contributed by atoms with Gasteiger partial charge in [-0.15, -0.1) is 0 Å². The summed E-state index contributed by atoms with van der Waals surface area (Å²) in [5, 5.41) is 4.05. The lowest BCUT2D eigenvalue weighted by molar-refractivity contribution is 0.684. The molecule has 1 fully saturated rings. The Kier molecular flexibility index (Phi) is 3.91. The van der Waals surface area contributed by atoms with Crippen molar-refractivity contribution in [2.45, 2.75) is 38.6 Å². The molecule has 0 aliphatic heterocycles. The van der Waals surface area contributed by atoms with Crippen LogP contribution in [0.15, 0.2) is 12.7 Å². The van der Waals surface area contributed by atoms with E-state index in [2.05, 4.69) is 42.3 Å². The highest BCUT2D eigenvalue weighted by Gasteiger charge is 2.31. The maximum atomic E-state index is 5.47. The summed E-state index contributed by atoms with van der Waals surface area (Å²) in [4.78, 5) is 19.2. The minimum Gasteiger partial charge on any atom is -0.338 e. The van der Waals surface area contributed by atoms with Gasteiger partial charge >= 0.3 is 0 Å². The van der Waals surface area contributed by atoms with Crippen molar-refractivity contribution >= 4 is 11.9 Å². The van der Waals surface area contributed by atoms with Gasteiger partial charge in [-0.05, 0) is 19.3 Å². The number of hydrazine groups is 1. The molecule has 0 radical (unpaired) electrons. The highest BCUT2D eigenvalue weighted by Crippen LogP contribution is 2.30. The molecule has 9 heteroatoms. The third kappa shape index (κ3) is 3.07. The summed E-state index contributed by atoms with van der Waals surface area (Å²) in [6.07, 6.45) is 7.58. The molecule has 0 amide bonds. The van der Waals surface area contributed by atoms with Crippen molar-refractivity contribution in [3.8, 4) is 5.95 Å². The number of unbranched alkanes of at least 4 members (excludes halogenated alkanes) is 1. The Morgan fingerprint density at radius 3 is 2.86 bits per heavy atom. The van der Waals surface area contributed by atoms with Gasteiger partial charge in [-0.3, -0.25) is 5.43 Å². The molecule has 3 rings (SSSR count). The van der Waals surface area contributed by atoms with Gasteiger partial charge in [0.15, 0.2) is 0 Å². The number of nitrogens with one attached hydrogen (secondary N) is 1. The fraction of sp³-hybridized carbons (Fsp3) is 0.583. The van der Waals surface area contributed by atoms with Gasteiger partial charge in [0.2, 0.25) is 11.9 Å². The third-order valence-electron chi connectivity index (χ3n) is 3.36. The Morgan fingerprint density at radius 1 is 1.38 bits per heavy atom. The van der Waals surface area contributed by atoms with Crippen LogP contribution in [0.3, 0.4) is 0 Å². The molecule has 3 N–H and O–H groups in total. The molecule has 2 aromatic heterocycles. The Morgan fingerprint density at radius 2 is 2.24 bits per heavy atom. The standard InChI is InChI=1S/C12H19N9/c1-2-3-6-20(9-4-5-9)11-16-10(19-13)17-12(18-11)21-8-14-7-15-21/h7-9H,2-6,13H2,1H3,(H,16,17,18,19). The minimum atomic E-state index is 0.327. The van der Waals surface area contributed by atoms with E-state index in [4.69, 9.17) is 5.84 Å². The number of aromatic nitrogens is 6. The van der Waals surface area contributed by atoms with E-state index in [-0.39, 0.29) is 0 Å². The van der Waals surface area contributed by atoms with E-state index >= 15 is 0 Å². The van der Waals surface area contributed by atoms with Gasteiger partial charge in [-0.1, -0.05) is 13.3 Å². The summed E-state index contributed by atoms with van der Waals surface area (Å²) < 4.78 is 1.50. The van der Waals surface area contributed by atoms with Crippen molar-refractivity contribution in [3.05, 3.63) is 12.7 Å². The second kappa shape index (κ2) is 6.00. The summed E-state index contributed by atoms with van der Waals surface area (Å²) in [6, 6.07) is 0.521. The summed E-state index contributed by atoms with van der Waals surface area (Å²) in [5.41, 5.74) is 2.49. The van der Waals surface area contributed by atoms with Crippen LogP contribution < -0.4 is 16.2 Å². The van der Waals surface area contributed by atoms with E-state index < -0.39 is 0 Å². The van der Waals surface area contributed by atoms with Crippen LogP contribution in [-0.2, 0) is 0 Å². The Balaban J connectivity index is 1.94. The number of nitrogens with two attached hydrogens (primary N) is 1. The summed E-state index contributed by atoms with van der Waals surface area (Å²) in [6.45, 7) is 3.11. The molecule has 2 aromatic rings. The molecule has 0 atom stereocenters. The maximum Gasteiger partial charge on any atom is 0.258 e.